The van der Waals surface area contributed by atoms with E-state index in [1.165, 1.54) is 22.9 Å². The molecule has 1 amide bonds. The largest absolute Gasteiger partial charge is 0.350 e. The highest BCUT2D eigenvalue weighted by Crippen LogP contribution is 2.16. The monoisotopic (exact) mass is 379 g/mol. The lowest BCUT2D eigenvalue weighted by molar-refractivity contribution is -0.122. The molecule has 1 N–H and O–H groups in total. The molecule has 0 radical (unpaired) electrons. The molecule has 3 aromatic rings. The molecule has 1 heterocycles. The predicted molar refractivity (Wildman–Crippen MR) is 106 cm³/mol. The van der Waals surface area contributed by atoms with E-state index in [4.69, 9.17) is 0 Å². The van der Waals surface area contributed by atoms with E-state index < -0.39 is 0 Å². The van der Waals surface area contributed by atoms with Crippen LogP contribution in [0.3, 0.4) is 0 Å². The van der Waals surface area contributed by atoms with Crippen LogP contribution in [-0.4, -0.2) is 15.7 Å². The molecule has 0 aliphatic carbocycles. The Labute approximate surface area is 162 Å². The van der Waals surface area contributed by atoms with Crippen LogP contribution in [-0.2, 0) is 11.3 Å². The molecule has 6 heteroatoms. The number of nitrogens with one attached hydrogen (secondary N) is 1. The predicted octanol–water partition coefficient (Wildman–Crippen LogP) is 3.63. The van der Waals surface area contributed by atoms with Gasteiger partial charge in [0.05, 0.1) is 18.3 Å². The number of rotatable bonds is 6. The van der Waals surface area contributed by atoms with Crippen molar-refractivity contribution < 1.29 is 9.18 Å². The third-order valence-corrected chi connectivity index (χ3v) is 4.51. The van der Waals surface area contributed by atoms with E-state index in [0.717, 1.165) is 16.7 Å². The zero-order valence-corrected chi connectivity index (χ0v) is 15.9. The number of nitrogens with zero attached hydrogens (tertiary/aromatic N) is 2. The standard InChI is InChI=1S/C22H22FN3O2/c1-15-3-5-18(6-4-15)20-11-12-22(28)26(25-20)14-13-21(27)24-16(2)17-7-9-19(23)10-8-17/h3-12,16H,13-14H2,1-2H3,(H,24,27). The van der Waals surface area contributed by atoms with Crippen LogP contribution >= 0.6 is 0 Å². The fraction of sp³-hybridized carbons (Fsp3) is 0.227. The Balaban J connectivity index is 1.64. The zero-order chi connectivity index (χ0) is 20.1. The van der Waals surface area contributed by atoms with Gasteiger partial charge in [-0.1, -0.05) is 42.0 Å². The first-order valence-electron chi connectivity index (χ1n) is 9.12. The van der Waals surface area contributed by atoms with Gasteiger partial charge in [-0.25, -0.2) is 9.07 Å². The average Bonchev–Trinajstić information content (AvgIpc) is 2.68. The van der Waals surface area contributed by atoms with Crippen LogP contribution < -0.4 is 10.9 Å². The summed E-state index contributed by atoms with van der Waals surface area (Å²) in [7, 11) is 0. The van der Waals surface area contributed by atoms with Crippen molar-refractivity contribution in [2.45, 2.75) is 32.9 Å². The van der Waals surface area contributed by atoms with Gasteiger partial charge in [0.25, 0.3) is 5.56 Å². The number of amides is 1. The third-order valence-electron chi connectivity index (χ3n) is 4.51. The van der Waals surface area contributed by atoms with Crippen LogP contribution in [0.4, 0.5) is 4.39 Å². The molecule has 1 atom stereocenters. The van der Waals surface area contributed by atoms with Crippen molar-refractivity contribution in [3.05, 3.63) is 88.0 Å². The number of benzene rings is 2. The van der Waals surface area contributed by atoms with Crippen LogP contribution in [0.1, 0.15) is 30.5 Å². The lowest BCUT2D eigenvalue weighted by Gasteiger charge is -2.14. The van der Waals surface area contributed by atoms with E-state index in [0.29, 0.717) is 5.69 Å². The fourth-order valence-electron chi connectivity index (χ4n) is 2.84. The average molecular weight is 379 g/mol. The maximum absolute atomic E-state index is 13.0. The van der Waals surface area contributed by atoms with E-state index in [1.54, 1.807) is 18.2 Å². The number of aryl methyl sites for hydroxylation is 2. The molecule has 28 heavy (non-hydrogen) atoms. The van der Waals surface area contributed by atoms with E-state index in [1.807, 2.05) is 38.1 Å². The summed E-state index contributed by atoms with van der Waals surface area (Å²) in [6.45, 7) is 4.01. The molecular formula is C22H22FN3O2. The minimum Gasteiger partial charge on any atom is -0.350 e. The van der Waals surface area contributed by atoms with Crippen LogP contribution in [0, 0.1) is 12.7 Å². The summed E-state index contributed by atoms with van der Waals surface area (Å²) in [5.74, 6) is -0.521. The number of aromatic nitrogens is 2. The number of carbonyl (C=O) groups excluding carboxylic acids is 1. The highest BCUT2D eigenvalue weighted by Gasteiger charge is 2.11. The molecule has 1 unspecified atom stereocenters. The van der Waals surface area contributed by atoms with Crippen LogP contribution in [0.2, 0.25) is 0 Å². The quantitative estimate of drug-likeness (QED) is 0.711. The lowest BCUT2D eigenvalue weighted by Crippen LogP contribution is -2.30. The van der Waals surface area contributed by atoms with Gasteiger partial charge in [-0.15, -0.1) is 0 Å². The summed E-state index contributed by atoms with van der Waals surface area (Å²) < 4.78 is 14.3. The molecule has 1 aromatic heterocycles. The van der Waals surface area contributed by atoms with Crippen molar-refractivity contribution in [2.24, 2.45) is 0 Å². The first-order chi connectivity index (χ1) is 13.4. The Morgan fingerprint density at radius 3 is 2.43 bits per heavy atom. The van der Waals surface area contributed by atoms with E-state index in [-0.39, 0.29) is 36.3 Å². The second kappa shape index (κ2) is 8.61. The topological polar surface area (TPSA) is 64.0 Å². The smallest absolute Gasteiger partial charge is 0.266 e. The molecule has 3 rings (SSSR count). The van der Waals surface area contributed by atoms with Crippen LogP contribution in [0.5, 0.6) is 0 Å². The molecular weight excluding hydrogens is 357 g/mol. The Morgan fingerprint density at radius 2 is 1.75 bits per heavy atom. The summed E-state index contributed by atoms with van der Waals surface area (Å²) in [6, 6.07) is 16.7. The molecule has 0 spiro atoms. The van der Waals surface area contributed by atoms with Crippen molar-refractivity contribution in [2.75, 3.05) is 0 Å². The van der Waals surface area contributed by atoms with Crippen molar-refractivity contribution in [1.82, 2.24) is 15.1 Å². The Morgan fingerprint density at radius 1 is 1.07 bits per heavy atom. The van der Waals surface area contributed by atoms with Crippen LogP contribution in [0.15, 0.2) is 65.5 Å². The molecule has 0 saturated carbocycles. The number of hydrogen-bond acceptors (Lipinski definition) is 3. The number of halogens is 1. The van der Waals surface area contributed by atoms with Crippen LogP contribution in [0.25, 0.3) is 11.3 Å². The summed E-state index contributed by atoms with van der Waals surface area (Å²) in [5, 5.41) is 7.23. The second-order valence-electron chi connectivity index (χ2n) is 6.74. The maximum atomic E-state index is 13.0. The summed E-state index contributed by atoms with van der Waals surface area (Å²) in [6.07, 6.45) is 0.121. The minimum absolute atomic E-state index is 0.121. The molecule has 2 aromatic carbocycles. The maximum Gasteiger partial charge on any atom is 0.266 e. The molecule has 144 valence electrons. The van der Waals surface area contributed by atoms with Gasteiger partial charge >= 0.3 is 0 Å². The highest BCUT2D eigenvalue weighted by atomic mass is 19.1. The van der Waals surface area contributed by atoms with Crippen molar-refractivity contribution in [3.63, 3.8) is 0 Å². The molecule has 5 nitrogen and oxygen atoms in total. The molecule has 0 aliphatic rings. The number of hydrogen-bond donors (Lipinski definition) is 1. The number of carbonyl (C=O) groups is 1. The van der Waals surface area contributed by atoms with Gasteiger partial charge in [0.1, 0.15) is 5.82 Å². The molecule has 0 fully saturated rings. The van der Waals surface area contributed by atoms with Gasteiger partial charge in [0.2, 0.25) is 5.91 Å². The zero-order valence-electron chi connectivity index (χ0n) is 15.9. The van der Waals surface area contributed by atoms with Gasteiger partial charge in [0, 0.05) is 18.1 Å². The second-order valence-corrected chi connectivity index (χ2v) is 6.74. The summed E-state index contributed by atoms with van der Waals surface area (Å²) in [4.78, 5) is 24.3. The first kappa shape index (κ1) is 19.5. The van der Waals surface area contributed by atoms with Gasteiger partial charge in [-0.2, -0.15) is 5.10 Å². The molecule has 0 aliphatic heterocycles. The minimum atomic E-state index is -0.318. The first-order valence-corrected chi connectivity index (χ1v) is 9.12. The fourth-order valence-corrected chi connectivity index (χ4v) is 2.84. The SMILES string of the molecule is Cc1ccc(-c2ccc(=O)n(CCC(=O)NC(C)c3ccc(F)cc3)n2)cc1. The Bertz CT molecular complexity index is 1010. The van der Waals surface area contributed by atoms with E-state index in [2.05, 4.69) is 10.4 Å². The lowest BCUT2D eigenvalue weighted by atomic mass is 10.1. The van der Waals surface area contributed by atoms with Gasteiger partial charge in [-0.05, 0) is 37.6 Å². The Kier molecular flexibility index (Phi) is 5.99. The van der Waals surface area contributed by atoms with Gasteiger partial charge < -0.3 is 5.32 Å². The summed E-state index contributed by atoms with van der Waals surface area (Å²) in [5.41, 5.74) is 3.29. The van der Waals surface area contributed by atoms with Gasteiger partial charge in [-0.3, -0.25) is 9.59 Å². The van der Waals surface area contributed by atoms with Gasteiger partial charge in [0.15, 0.2) is 0 Å². The van der Waals surface area contributed by atoms with Crippen molar-refractivity contribution >= 4 is 5.91 Å². The van der Waals surface area contributed by atoms with E-state index in [9.17, 15) is 14.0 Å². The van der Waals surface area contributed by atoms with Crippen molar-refractivity contribution in [1.29, 1.82) is 0 Å². The highest BCUT2D eigenvalue weighted by molar-refractivity contribution is 5.76. The molecule has 0 bridgehead atoms. The third kappa shape index (κ3) is 4.91. The van der Waals surface area contributed by atoms with E-state index >= 15 is 0 Å². The van der Waals surface area contributed by atoms with Crippen molar-refractivity contribution in [3.8, 4) is 11.3 Å². The Hall–Kier alpha value is -3.28. The molecule has 0 saturated heterocycles. The summed E-state index contributed by atoms with van der Waals surface area (Å²) >= 11 is 0. The normalized spacial score (nSPS) is 11.8.